The number of carbonyl (C=O) groups is 2. The molecule has 2 heterocycles. The van der Waals surface area contributed by atoms with Gasteiger partial charge in [-0.2, -0.15) is 5.26 Å². The lowest BCUT2D eigenvalue weighted by atomic mass is 9.97. The molecule has 8 aromatic rings. The Hall–Kier alpha value is -7.54. The third-order valence-electron chi connectivity index (χ3n) is 9.75. The highest BCUT2D eigenvalue weighted by Crippen LogP contribution is 2.43. The van der Waals surface area contributed by atoms with Crippen LogP contribution < -0.4 is 4.90 Å². The molecule has 2 amide bonds. The average molecular weight is 667 g/mol. The Kier molecular flexibility index (Phi) is 7.10. The number of aromatic nitrogens is 1. The Morgan fingerprint density at radius 2 is 1.23 bits per heavy atom. The number of anilines is 1. The number of imide groups is 1. The fourth-order valence-corrected chi connectivity index (χ4v) is 7.48. The van der Waals surface area contributed by atoms with Gasteiger partial charge < -0.3 is 4.57 Å². The van der Waals surface area contributed by atoms with Gasteiger partial charge in [0.1, 0.15) is 0 Å². The van der Waals surface area contributed by atoms with Crippen molar-refractivity contribution < 1.29 is 9.59 Å². The van der Waals surface area contributed by atoms with Crippen LogP contribution in [0.5, 0.6) is 0 Å². The van der Waals surface area contributed by atoms with E-state index >= 15 is 0 Å². The highest BCUT2D eigenvalue weighted by Gasteiger charge is 2.40. The SMILES string of the molecule is [C-]#[N+]c1cc(C#N)cc(-c2cccc3c2c2ccccc2n3-c2cccc3c2C(=O)N(c2ccc(-c4ccccc4)cc2-c2ccccc2)C3=O)c1. The van der Waals surface area contributed by atoms with E-state index in [1.54, 1.807) is 24.3 Å². The number of nitriles is 1. The summed E-state index contributed by atoms with van der Waals surface area (Å²) in [6, 6.07) is 52.4. The number of fused-ring (bicyclic) bond motifs is 4. The summed E-state index contributed by atoms with van der Waals surface area (Å²) in [7, 11) is 0. The minimum Gasteiger partial charge on any atom is -0.308 e. The topological polar surface area (TPSA) is 70.5 Å². The summed E-state index contributed by atoms with van der Waals surface area (Å²) in [6.45, 7) is 7.63. The molecule has 242 valence electrons. The highest BCUT2D eigenvalue weighted by atomic mass is 16.2. The van der Waals surface area contributed by atoms with E-state index in [1.807, 2.05) is 138 Å². The lowest BCUT2D eigenvalue weighted by Gasteiger charge is -2.20. The van der Waals surface area contributed by atoms with Gasteiger partial charge in [0.05, 0.1) is 46.2 Å². The first kappa shape index (κ1) is 30.5. The Morgan fingerprint density at radius 1 is 0.538 bits per heavy atom. The molecule has 1 aliphatic rings. The molecule has 0 aliphatic carbocycles. The number of hydrogen-bond acceptors (Lipinski definition) is 3. The number of rotatable bonds is 5. The molecule has 0 bridgehead atoms. The third kappa shape index (κ3) is 4.71. The molecule has 0 atom stereocenters. The number of nitrogens with zero attached hydrogens (tertiary/aromatic N) is 4. The van der Waals surface area contributed by atoms with Crippen LogP contribution in [0.2, 0.25) is 0 Å². The Bertz CT molecular complexity index is 2830. The largest absolute Gasteiger partial charge is 0.308 e. The molecule has 1 aliphatic heterocycles. The van der Waals surface area contributed by atoms with Crippen LogP contribution in [-0.4, -0.2) is 16.4 Å². The highest BCUT2D eigenvalue weighted by molar-refractivity contribution is 6.36. The van der Waals surface area contributed by atoms with Crippen molar-refractivity contribution >= 4 is 45.0 Å². The van der Waals surface area contributed by atoms with Crippen LogP contribution in [0, 0.1) is 17.9 Å². The second-order valence-corrected chi connectivity index (χ2v) is 12.7. The number of amides is 2. The van der Waals surface area contributed by atoms with Crippen molar-refractivity contribution in [2.75, 3.05) is 4.90 Å². The van der Waals surface area contributed by atoms with Gasteiger partial charge in [0.2, 0.25) is 0 Å². The van der Waals surface area contributed by atoms with Crippen molar-refractivity contribution in [2.24, 2.45) is 0 Å². The van der Waals surface area contributed by atoms with E-state index in [9.17, 15) is 14.9 Å². The summed E-state index contributed by atoms with van der Waals surface area (Å²) >= 11 is 0. The van der Waals surface area contributed by atoms with E-state index in [2.05, 4.69) is 10.9 Å². The first-order chi connectivity index (χ1) is 25.6. The van der Waals surface area contributed by atoms with Gasteiger partial charge in [0.15, 0.2) is 5.69 Å². The monoisotopic (exact) mass is 666 g/mol. The molecule has 0 fully saturated rings. The maximum atomic E-state index is 14.8. The van der Waals surface area contributed by atoms with E-state index in [1.165, 1.54) is 4.90 Å². The normalized spacial score (nSPS) is 12.2. The number of para-hydroxylation sites is 1. The Balaban J connectivity index is 1.25. The molecule has 0 radical (unpaired) electrons. The summed E-state index contributed by atoms with van der Waals surface area (Å²) < 4.78 is 2.04. The van der Waals surface area contributed by atoms with E-state index in [4.69, 9.17) is 6.57 Å². The van der Waals surface area contributed by atoms with Crippen LogP contribution >= 0.6 is 0 Å². The molecular weight excluding hydrogens is 641 g/mol. The fourth-order valence-electron chi connectivity index (χ4n) is 7.48. The average Bonchev–Trinajstić information content (AvgIpc) is 3.68. The van der Waals surface area contributed by atoms with Gasteiger partial charge >= 0.3 is 0 Å². The zero-order valence-corrected chi connectivity index (χ0v) is 27.6. The number of hydrogen-bond donors (Lipinski definition) is 0. The molecule has 0 spiro atoms. The second-order valence-electron chi connectivity index (χ2n) is 12.7. The molecule has 1 aromatic heterocycles. The van der Waals surface area contributed by atoms with Crippen molar-refractivity contribution in [3.8, 4) is 45.1 Å². The van der Waals surface area contributed by atoms with Gasteiger partial charge in [-0.3, -0.25) is 9.59 Å². The van der Waals surface area contributed by atoms with E-state index in [-0.39, 0.29) is 5.91 Å². The van der Waals surface area contributed by atoms with Gasteiger partial charge in [-0.25, -0.2) is 9.74 Å². The smallest absolute Gasteiger partial charge is 0.268 e. The first-order valence-electron chi connectivity index (χ1n) is 16.8. The maximum Gasteiger partial charge on any atom is 0.268 e. The summed E-state index contributed by atoms with van der Waals surface area (Å²) in [5.74, 6) is -0.779. The predicted octanol–water partition coefficient (Wildman–Crippen LogP) is 11.0. The van der Waals surface area contributed by atoms with Crippen molar-refractivity contribution in [3.63, 3.8) is 0 Å². The molecule has 6 heteroatoms. The summed E-state index contributed by atoms with van der Waals surface area (Å²) in [4.78, 5) is 34.1. The van der Waals surface area contributed by atoms with Crippen LogP contribution in [-0.2, 0) is 0 Å². The van der Waals surface area contributed by atoms with Crippen molar-refractivity contribution in [1.82, 2.24) is 4.57 Å². The number of benzene rings is 7. The fraction of sp³-hybridized carbons (Fsp3) is 0. The second kappa shape index (κ2) is 12.1. The molecule has 6 nitrogen and oxygen atoms in total. The molecular formula is C46H26N4O2. The molecule has 0 saturated heterocycles. The predicted molar refractivity (Wildman–Crippen MR) is 206 cm³/mol. The van der Waals surface area contributed by atoms with E-state index < -0.39 is 5.91 Å². The van der Waals surface area contributed by atoms with Crippen molar-refractivity contribution in [1.29, 1.82) is 5.26 Å². The first-order valence-corrected chi connectivity index (χ1v) is 16.8. The van der Waals surface area contributed by atoms with Crippen LogP contribution in [0.4, 0.5) is 11.4 Å². The summed E-state index contributed by atoms with van der Waals surface area (Å²) in [6.07, 6.45) is 0. The van der Waals surface area contributed by atoms with Crippen LogP contribution in [0.15, 0.2) is 158 Å². The lowest BCUT2D eigenvalue weighted by Crippen LogP contribution is -2.30. The van der Waals surface area contributed by atoms with Crippen molar-refractivity contribution in [3.05, 3.63) is 186 Å². The zero-order chi connectivity index (χ0) is 35.3. The van der Waals surface area contributed by atoms with Gasteiger partial charge in [-0.15, -0.1) is 0 Å². The minimum atomic E-state index is -0.397. The Morgan fingerprint density at radius 3 is 2.00 bits per heavy atom. The van der Waals surface area contributed by atoms with E-state index in [0.29, 0.717) is 33.8 Å². The molecule has 0 saturated carbocycles. The van der Waals surface area contributed by atoms with Crippen molar-refractivity contribution in [2.45, 2.75) is 0 Å². The van der Waals surface area contributed by atoms with Gasteiger partial charge in [-0.1, -0.05) is 103 Å². The van der Waals surface area contributed by atoms with Crippen LogP contribution in [0.1, 0.15) is 26.3 Å². The van der Waals surface area contributed by atoms with Crippen LogP contribution in [0.25, 0.3) is 65.7 Å². The standard InChI is InChI=1S/C46H26N4O2/c1-48-34-25-29(28-47)24-33(26-34)35-17-10-20-41-43(35)36-16-8-9-19-39(36)49(41)42-21-11-18-37-44(42)46(52)50(45(37)51)40-23-22-32(30-12-4-2-5-13-30)27-38(40)31-14-6-3-7-15-31/h2-27H. The van der Waals surface area contributed by atoms with Gasteiger partial charge in [-0.05, 0) is 82.4 Å². The van der Waals surface area contributed by atoms with E-state index in [0.717, 1.165) is 55.2 Å². The van der Waals surface area contributed by atoms with Crippen LogP contribution in [0.3, 0.4) is 0 Å². The summed E-state index contributed by atoms with van der Waals surface area (Å²) in [5.41, 5.74) is 9.53. The van der Waals surface area contributed by atoms with Gasteiger partial charge in [0.25, 0.3) is 11.8 Å². The van der Waals surface area contributed by atoms with Gasteiger partial charge in [0, 0.05) is 21.9 Å². The molecule has 7 aromatic carbocycles. The maximum absolute atomic E-state index is 14.8. The molecule has 52 heavy (non-hydrogen) atoms. The minimum absolute atomic E-state index is 0.327. The zero-order valence-electron chi connectivity index (χ0n) is 27.6. The Labute approximate surface area is 299 Å². The number of carbonyl (C=O) groups excluding carboxylic acids is 2. The quantitative estimate of drug-likeness (QED) is 0.136. The summed E-state index contributed by atoms with van der Waals surface area (Å²) in [5, 5.41) is 11.6. The lowest BCUT2D eigenvalue weighted by molar-refractivity contribution is 0.0926. The third-order valence-corrected chi connectivity index (χ3v) is 9.75. The molecule has 0 unspecified atom stereocenters. The molecule has 0 N–H and O–H groups in total. The molecule has 9 rings (SSSR count).